The lowest BCUT2D eigenvalue weighted by Gasteiger charge is -2.16. The topological polar surface area (TPSA) is 72.7 Å². The predicted octanol–water partition coefficient (Wildman–Crippen LogP) is 2.30. The monoisotopic (exact) mass is 359 g/mol. The third-order valence-electron chi connectivity index (χ3n) is 3.69. The Kier molecular flexibility index (Phi) is 8.32. The fourth-order valence-electron chi connectivity index (χ4n) is 2.42. The normalized spacial score (nSPS) is 12.5. The lowest BCUT2D eigenvalue weighted by atomic mass is 10.3. The molecule has 7 heteroatoms. The second-order valence-electron chi connectivity index (χ2n) is 5.88. The van der Waals surface area contributed by atoms with E-state index >= 15 is 0 Å². The fraction of sp³-hybridized carbons (Fsp3) is 0.474. The maximum Gasteiger partial charge on any atom is 0.191 e. The maximum absolute atomic E-state index is 5.94. The van der Waals surface area contributed by atoms with Gasteiger partial charge in [-0.3, -0.25) is 0 Å². The maximum atomic E-state index is 5.94. The van der Waals surface area contributed by atoms with E-state index in [1.54, 1.807) is 13.3 Å². The van der Waals surface area contributed by atoms with Gasteiger partial charge < -0.3 is 24.7 Å². The van der Waals surface area contributed by atoms with E-state index in [4.69, 9.17) is 9.47 Å². The number of ether oxygens (including phenoxy) is 2. The standard InChI is InChI=1S/C19H29N5O2/c1-4-21-19(22-10-7-12-24-13-11-20-15-24)23-14-16(2)26-18-9-6-5-8-17(18)25-3/h5-6,8-9,11,13,15-16H,4,7,10,12,14H2,1-3H3,(H2,21,22,23). The van der Waals surface area contributed by atoms with Crippen LogP contribution >= 0.6 is 0 Å². The van der Waals surface area contributed by atoms with Gasteiger partial charge in [0.15, 0.2) is 17.5 Å². The Labute approximate surface area is 155 Å². The highest BCUT2D eigenvalue weighted by atomic mass is 16.5. The van der Waals surface area contributed by atoms with Gasteiger partial charge in [-0.1, -0.05) is 12.1 Å². The minimum Gasteiger partial charge on any atom is -0.493 e. The van der Waals surface area contributed by atoms with E-state index in [9.17, 15) is 0 Å². The molecule has 2 N–H and O–H groups in total. The first-order valence-electron chi connectivity index (χ1n) is 9.00. The number of aryl methyl sites for hydroxylation is 1. The molecule has 7 nitrogen and oxygen atoms in total. The van der Waals surface area contributed by atoms with Crippen LogP contribution in [0.4, 0.5) is 0 Å². The van der Waals surface area contributed by atoms with Gasteiger partial charge >= 0.3 is 0 Å². The minimum absolute atomic E-state index is 0.0623. The lowest BCUT2D eigenvalue weighted by Crippen LogP contribution is -2.38. The summed E-state index contributed by atoms with van der Waals surface area (Å²) in [6.07, 6.45) is 6.52. The largest absolute Gasteiger partial charge is 0.493 e. The van der Waals surface area contributed by atoms with Crippen LogP contribution in [0.1, 0.15) is 20.3 Å². The summed E-state index contributed by atoms with van der Waals surface area (Å²) in [4.78, 5) is 8.65. The van der Waals surface area contributed by atoms with Gasteiger partial charge in [0.25, 0.3) is 0 Å². The van der Waals surface area contributed by atoms with Gasteiger partial charge in [-0.15, -0.1) is 0 Å². The van der Waals surface area contributed by atoms with Crippen molar-refractivity contribution in [3.05, 3.63) is 43.0 Å². The van der Waals surface area contributed by atoms with Crippen molar-refractivity contribution in [2.75, 3.05) is 26.7 Å². The molecule has 0 aliphatic rings. The molecule has 0 saturated carbocycles. The van der Waals surface area contributed by atoms with Crippen LogP contribution < -0.4 is 20.1 Å². The predicted molar refractivity (Wildman–Crippen MR) is 104 cm³/mol. The molecule has 0 spiro atoms. The summed E-state index contributed by atoms with van der Waals surface area (Å²) < 4.78 is 13.3. The van der Waals surface area contributed by atoms with E-state index in [0.717, 1.165) is 43.5 Å². The third kappa shape index (κ3) is 6.66. The molecule has 0 amide bonds. The molecule has 0 saturated heterocycles. The number of imidazole rings is 1. The van der Waals surface area contributed by atoms with Crippen molar-refractivity contribution in [1.82, 2.24) is 20.2 Å². The highest BCUT2D eigenvalue weighted by molar-refractivity contribution is 5.79. The van der Waals surface area contributed by atoms with Crippen LogP contribution in [-0.4, -0.2) is 48.4 Å². The third-order valence-corrected chi connectivity index (χ3v) is 3.69. The van der Waals surface area contributed by atoms with Crippen LogP contribution in [0, 0.1) is 0 Å². The van der Waals surface area contributed by atoms with Gasteiger partial charge in [-0.2, -0.15) is 0 Å². The van der Waals surface area contributed by atoms with Gasteiger partial charge in [0.2, 0.25) is 0 Å². The molecule has 0 bridgehead atoms. The van der Waals surface area contributed by atoms with Crippen LogP contribution in [0.25, 0.3) is 0 Å². The molecule has 1 heterocycles. The van der Waals surface area contributed by atoms with Gasteiger partial charge in [0, 0.05) is 32.0 Å². The highest BCUT2D eigenvalue weighted by Crippen LogP contribution is 2.26. The van der Waals surface area contributed by atoms with Gasteiger partial charge in [-0.25, -0.2) is 9.98 Å². The molecule has 2 aromatic rings. The molecule has 2 rings (SSSR count). The van der Waals surface area contributed by atoms with E-state index in [0.29, 0.717) is 6.54 Å². The summed E-state index contributed by atoms with van der Waals surface area (Å²) in [5.41, 5.74) is 0. The average molecular weight is 359 g/mol. The summed E-state index contributed by atoms with van der Waals surface area (Å²) in [5, 5.41) is 6.61. The fourth-order valence-corrected chi connectivity index (χ4v) is 2.42. The molecule has 1 atom stereocenters. The van der Waals surface area contributed by atoms with Gasteiger partial charge in [0.1, 0.15) is 6.10 Å². The first kappa shape index (κ1) is 19.6. The zero-order valence-electron chi connectivity index (χ0n) is 15.8. The number of para-hydroxylation sites is 2. The summed E-state index contributed by atoms with van der Waals surface area (Å²) >= 11 is 0. The number of benzene rings is 1. The van der Waals surface area contributed by atoms with E-state index in [2.05, 4.69) is 32.1 Å². The van der Waals surface area contributed by atoms with Crippen molar-refractivity contribution >= 4 is 5.96 Å². The molecule has 1 aromatic heterocycles. The van der Waals surface area contributed by atoms with Crippen molar-refractivity contribution in [2.24, 2.45) is 4.99 Å². The van der Waals surface area contributed by atoms with Crippen LogP contribution in [0.2, 0.25) is 0 Å². The molecule has 0 fully saturated rings. The Balaban J connectivity index is 1.79. The second kappa shape index (κ2) is 11.0. The number of hydrogen-bond donors (Lipinski definition) is 2. The van der Waals surface area contributed by atoms with Crippen LogP contribution in [0.3, 0.4) is 0 Å². The van der Waals surface area contributed by atoms with E-state index in [1.807, 2.05) is 43.7 Å². The van der Waals surface area contributed by atoms with Crippen LogP contribution in [0.15, 0.2) is 48.0 Å². The van der Waals surface area contributed by atoms with E-state index in [-0.39, 0.29) is 6.10 Å². The Hall–Kier alpha value is -2.70. The summed E-state index contributed by atoms with van der Waals surface area (Å²) in [6, 6.07) is 7.64. The number of nitrogens with zero attached hydrogens (tertiary/aromatic N) is 3. The smallest absolute Gasteiger partial charge is 0.191 e. The molecule has 0 radical (unpaired) electrons. The van der Waals surface area contributed by atoms with Crippen molar-refractivity contribution in [2.45, 2.75) is 32.9 Å². The molecular formula is C19H29N5O2. The van der Waals surface area contributed by atoms with Crippen LogP contribution in [0.5, 0.6) is 11.5 Å². The highest BCUT2D eigenvalue weighted by Gasteiger charge is 2.08. The Morgan fingerprint density at radius 3 is 2.77 bits per heavy atom. The second-order valence-corrected chi connectivity index (χ2v) is 5.88. The first-order valence-corrected chi connectivity index (χ1v) is 9.00. The summed E-state index contributed by atoms with van der Waals surface area (Å²) in [6.45, 7) is 7.19. The number of guanidine groups is 1. The first-order chi connectivity index (χ1) is 12.7. The zero-order chi connectivity index (χ0) is 18.6. The minimum atomic E-state index is -0.0623. The molecule has 0 aliphatic carbocycles. The van der Waals surface area contributed by atoms with Gasteiger partial charge in [0.05, 0.1) is 20.0 Å². The number of methoxy groups -OCH3 is 1. The SMILES string of the molecule is CCNC(=NCC(C)Oc1ccccc1OC)NCCCn1ccnc1. The van der Waals surface area contributed by atoms with E-state index < -0.39 is 0 Å². The molecule has 1 aromatic carbocycles. The number of nitrogens with one attached hydrogen (secondary N) is 2. The Morgan fingerprint density at radius 2 is 2.08 bits per heavy atom. The number of aromatic nitrogens is 2. The molecule has 0 aliphatic heterocycles. The van der Waals surface area contributed by atoms with Crippen molar-refractivity contribution in [3.8, 4) is 11.5 Å². The van der Waals surface area contributed by atoms with Crippen molar-refractivity contribution in [1.29, 1.82) is 0 Å². The lowest BCUT2D eigenvalue weighted by molar-refractivity contribution is 0.219. The average Bonchev–Trinajstić information content (AvgIpc) is 3.17. The Bertz CT molecular complexity index is 658. The molecular weight excluding hydrogens is 330 g/mol. The number of hydrogen-bond acceptors (Lipinski definition) is 4. The Morgan fingerprint density at radius 1 is 1.27 bits per heavy atom. The summed E-state index contributed by atoms with van der Waals surface area (Å²) in [5.74, 6) is 2.26. The van der Waals surface area contributed by atoms with Gasteiger partial charge in [-0.05, 0) is 32.4 Å². The van der Waals surface area contributed by atoms with Crippen molar-refractivity contribution < 1.29 is 9.47 Å². The van der Waals surface area contributed by atoms with Crippen molar-refractivity contribution in [3.63, 3.8) is 0 Å². The van der Waals surface area contributed by atoms with E-state index in [1.165, 1.54) is 0 Å². The zero-order valence-corrected chi connectivity index (χ0v) is 15.8. The quantitative estimate of drug-likeness (QED) is 0.387. The van der Waals surface area contributed by atoms with Crippen LogP contribution in [-0.2, 0) is 6.54 Å². The molecule has 142 valence electrons. The molecule has 1 unspecified atom stereocenters. The number of rotatable bonds is 10. The molecule has 26 heavy (non-hydrogen) atoms. The summed E-state index contributed by atoms with van der Waals surface area (Å²) in [7, 11) is 1.64. The number of aliphatic imine (C=N–C) groups is 1.